The van der Waals surface area contributed by atoms with Gasteiger partial charge >= 0.3 is 7.12 Å². The minimum absolute atomic E-state index is 0.213. The smallest absolute Gasteiger partial charge is 0.399 e. The molecule has 1 amide bonds. The van der Waals surface area contributed by atoms with Gasteiger partial charge in [-0.1, -0.05) is 12.1 Å². The number of benzene rings is 1. The quantitative estimate of drug-likeness (QED) is 0.788. The number of carbonyl (C=O) groups is 1. The molecule has 0 unspecified atom stereocenters. The van der Waals surface area contributed by atoms with Crippen molar-refractivity contribution in [3.63, 3.8) is 0 Å². The summed E-state index contributed by atoms with van der Waals surface area (Å²) in [7, 11) is -0.389. The Hall–Kier alpha value is -1.33. The van der Waals surface area contributed by atoms with Crippen LogP contribution in [-0.4, -0.2) is 30.8 Å². The number of amides is 1. The van der Waals surface area contributed by atoms with E-state index < -0.39 is 0 Å². The Morgan fingerprint density at radius 1 is 1.09 bits per heavy atom. The highest BCUT2D eigenvalue weighted by Crippen LogP contribution is 2.37. The fourth-order valence-corrected chi connectivity index (χ4v) is 3.22. The maximum atomic E-state index is 12.2. The van der Waals surface area contributed by atoms with E-state index in [0.29, 0.717) is 6.42 Å². The van der Waals surface area contributed by atoms with Crippen LogP contribution >= 0.6 is 0 Å². The number of piperidine rings is 1. The van der Waals surface area contributed by atoms with Crippen LogP contribution in [0.4, 0.5) is 5.69 Å². The van der Waals surface area contributed by atoms with Crippen molar-refractivity contribution < 1.29 is 14.1 Å². The molecule has 0 bridgehead atoms. The van der Waals surface area contributed by atoms with Gasteiger partial charge in [-0.05, 0) is 64.6 Å². The third kappa shape index (κ3) is 2.81. The molecule has 23 heavy (non-hydrogen) atoms. The molecule has 2 aliphatic rings. The summed E-state index contributed by atoms with van der Waals surface area (Å²) >= 11 is 0. The van der Waals surface area contributed by atoms with Crippen molar-refractivity contribution in [3.8, 4) is 0 Å². The Labute approximate surface area is 139 Å². The van der Waals surface area contributed by atoms with Gasteiger partial charge in [-0.3, -0.25) is 4.79 Å². The summed E-state index contributed by atoms with van der Waals surface area (Å²) in [6.07, 6.45) is 2.69. The molecule has 4 nitrogen and oxygen atoms in total. The summed E-state index contributed by atoms with van der Waals surface area (Å²) in [6, 6.07) is 6.05. The average molecular weight is 315 g/mol. The van der Waals surface area contributed by atoms with Gasteiger partial charge in [0.15, 0.2) is 0 Å². The molecule has 1 aromatic rings. The van der Waals surface area contributed by atoms with Gasteiger partial charge in [0.25, 0.3) is 0 Å². The fourth-order valence-electron chi connectivity index (χ4n) is 3.22. The number of carbonyl (C=O) groups excluding carboxylic acids is 1. The summed E-state index contributed by atoms with van der Waals surface area (Å²) in [5.41, 5.74) is 2.35. The lowest BCUT2D eigenvalue weighted by Gasteiger charge is -2.32. The summed E-state index contributed by atoms with van der Waals surface area (Å²) in [5, 5.41) is 0. The zero-order valence-electron chi connectivity index (χ0n) is 14.8. The van der Waals surface area contributed by atoms with Gasteiger partial charge in [-0.2, -0.15) is 0 Å². The highest BCUT2D eigenvalue weighted by molar-refractivity contribution is 6.62. The molecule has 0 aromatic heterocycles. The average Bonchev–Trinajstić information content (AvgIpc) is 2.68. The first-order valence-corrected chi connectivity index (χ1v) is 8.48. The lowest BCUT2D eigenvalue weighted by atomic mass is 9.75. The molecule has 0 saturated carbocycles. The van der Waals surface area contributed by atoms with E-state index in [9.17, 15) is 4.79 Å². The molecular formula is C18H26BNO3. The van der Waals surface area contributed by atoms with Crippen LogP contribution in [0.25, 0.3) is 0 Å². The molecule has 2 fully saturated rings. The normalized spacial score (nSPS) is 23.4. The summed E-state index contributed by atoms with van der Waals surface area (Å²) < 4.78 is 12.3. The van der Waals surface area contributed by atoms with Crippen molar-refractivity contribution in [2.75, 3.05) is 11.4 Å². The van der Waals surface area contributed by atoms with E-state index in [0.717, 1.165) is 36.1 Å². The van der Waals surface area contributed by atoms with Gasteiger partial charge < -0.3 is 14.2 Å². The Kier molecular flexibility index (Phi) is 4.05. The lowest BCUT2D eigenvalue weighted by molar-refractivity contribution is -0.119. The van der Waals surface area contributed by atoms with E-state index in [2.05, 4.69) is 34.6 Å². The van der Waals surface area contributed by atoms with E-state index in [1.165, 1.54) is 0 Å². The number of hydrogen-bond acceptors (Lipinski definition) is 3. The van der Waals surface area contributed by atoms with Gasteiger partial charge in [0.2, 0.25) is 5.91 Å². The van der Waals surface area contributed by atoms with Gasteiger partial charge in [-0.15, -0.1) is 0 Å². The second kappa shape index (κ2) is 5.64. The number of hydrogen-bond donors (Lipinski definition) is 0. The number of nitrogens with zero attached hydrogens (tertiary/aromatic N) is 1. The Bertz CT molecular complexity index is 611. The number of rotatable bonds is 2. The predicted octanol–water partition coefficient (Wildman–Crippen LogP) is 2.81. The monoisotopic (exact) mass is 315 g/mol. The van der Waals surface area contributed by atoms with Gasteiger partial charge in [0.1, 0.15) is 0 Å². The molecular weight excluding hydrogens is 289 g/mol. The zero-order valence-corrected chi connectivity index (χ0v) is 14.8. The molecule has 2 saturated heterocycles. The SMILES string of the molecule is Cc1c(B2OC(C)(C)C(C)(C)O2)cccc1N1CCCCC1=O. The minimum Gasteiger partial charge on any atom is -0.399 e. The van der Waals surface area contributed by atoms with Crippen molar-refractivity contribution in [2.24, 2.45) is 0 Å². The summed E-state index contributed by atoms with van der Waals surface area (Å²) in [5.74, 6) is 0.213. The summed E-state index contributed by atoms with van der Waals surface area (Å²) in [4.78, 5) is 14.2. The molecule has 0 N–H and O–H groups in total. The maximum absolute atomic E-state index is 12.2. The first-order chi connectivity index (χ1) is 10.7. The molecule has 1 aromatic carbocycles. The Morgan fingerprint density at radius 2 is 1.74 bits per heavy atom. The van der Waals surface area contributed by atoms with E-state index in [1.807, 2.05) is 23.1 Å². The van der Waals surface area contributed by atoms with Crippen LogP contribution in [0.15, 0.2) is 18.2 Å². The second-order valence-electron chi connectivity index (χ2n) is 7.58. The van der Waals surface area contributed by atoms with Crippen LogP contribution in [-0.2, 0) is 14.1 Å². The van der Waals surface area contributed by atoms with E-state index in [4.69, 9.17) is 9.31 Å². The largest absolute Gasteiger partial charge is 0.495 e. The molecule has 0 aliphatic carbocycles. The van der Waals surface area contributed by atoms with Crippen LogP contribution in [0.1, 0.15) is 52.5 Å². The standard InChI is InChI=1S/C18H26BNO3/c1-13-14(19-22-17(2,3)18(4,5)23-19)9-8-10-15(13)20-12-7-6-11-16(20)21/h8-10H,6-7,11-12H2,1-5H3. The Balaban J connectivity index is 1.93. The van der Waals surface area contributed by atoms with Crippen LogP contribution in [0.5, 0.6) is 0 Å². The molecule has 124 valence electrons. The second-order valence-corrected chi connectivity index (χ2v) is 7.58. The molecule has 3 rings (SSSR count). The van der Waals surface area contributed by atoms with E-state index >= 15 is 0 Å². The van der Waals surface area contributed by atoms with Crippen LogP contribution in [0.2, 0.25) is 0 Å². The Morgan fingerprint density at radius 3 is 2.35 bits per heavy atom. The van der Waals surface area contributed by atoms with Crippen molar-refractivity contribution in [2.45, 2.75) is 65.1 Å². The molecule has 5 heteroatoms. The molecule has 0 spiro atoms. The van der Waals surface area contributed by atoms with Gasteiger partial charge in [0.05, 0.1) is 11.2 Å². The maximum Gasteiger partial charge on any atom is 0.495 e. The lowest BCUT2D eigenvalue weighted by Crippen LogP contribution is -2.41. The highest BCUT2D eigenvalue weighted by Gasteiger charge is 2.52. The third-order valence-corrected chi connectivity index (χ3v) is 5.47. The molecule has 0 radical (unpaired) electrons. The summed E-state index contributed by atoms with van der Waals surface area (Å²) in [6.45, 7) is 11.1. The van der Waals surface area contributed by atoms with Crippen LogP contribution in [0.3, 0.4) is 0 Å². The van der Waals surface area contributed by atoms with Crippen molar-refractivity contribution >= 4 is 24.2 Å². The first-order valence-electron chi connectivity index (χ1n) is 8.48. The topological polar surface area (TPSA) is 38.8 Å². The molecule has 2 aliphatic heterocycles. The van der Waals surface area contributed by atoms with E-state index in [-0.39, 0.29) is 24.2 Å². The van der Waals surface area contributed by atoms with Gasteiger partial charge in [-0.25, -0.2) is 0 Å². The highest BCUT2D eigenvalue weighted by atomic mass is 16.7. The minimum atomic E-state index is -0.389. The van der Waals surface area contributed by atoms with Crippen molar-refractivity contribution in [1.29, 1.82) is 0 Å². The molecule has 0 atom stereocenters. The zero-order chi connectivity index (χ0) is 16.8. The van der Waals surface area contributed by atoms with Crippen LogP contribution in [0, 0.1) is 6.92 Å². The van der Waals surface area contributed by atoms with Crippen molar-refractivity contribution in [1.82, 2.24) is 0 Å². The third-order valence-electron chi connectivity index (χ3n) is 5.47. The van der Waals surface area contributed by atoms with Crippen LogP contribution < -0.4 is 10.4 Å². The number of anilines is 1. The predicted molar refractivity (Wildman–Crippen MR) is 93.1 cm³/mol. The van der Waals surface area contributed by atoms with Crippen molar-refractivity contribution in [3.05, 3.63) is 23.8 Å². The fraction of sp³-hybridized carbons (Fsp3) is 0.611. The van der Waals surface area contributed by atoms with Gasteiger partial charge in [0, 0.05) is 18.7 Å². The van der Waals surface area contributed by atoms with E-state index in [1.54, 1.807) is 0 Å². The first kappa shape index (κ1) is 16.5. The molecule has 2 heterocycles.